The van der Waals surface area contributed by atoms with Crippen LogP contribution in [-0.4, -0.2) is 28.3 Å². The molecule has 0 saturated heterocycles. The normalized spacial score (nSPS) is 12.5. The van der Waals surface area contributed by atoms with Gasteiger partial charge in [-0.15, -0.1) is 0 Å². The molecule has 2 heterocycles. The molecule has 0 saturated carbocycles. The molecule has 1 atom stereocenters. The minimum absolute atomic E-state index is 0.0482. The van der Waals surface area contributed by atoms with Crippen LogP contribution < -0.4 is 10.1 Å². The molecule has 0 aliphatic heterocycles. The summed E-state index contributed by atoms with van der Waals surface area (Å²) in [4.78, 5) is 4.19. The number of hydrogen-bond acceptors (Lipinski definition) is 4. The van der Waals surface area contributed by atoms with Crippen LogP contribution in [0.4, 0.5) is 0 Å². The van der Waals surface area contributed by atoms with Crippen LogP contribution in [-0.2, 0) is 0 Å². The Balaban J connectivity index is 2.03. The zero-order valence-corrected chi connectivity index (χ0v) is 12.2. The van der Waals surface area contributed by atoms with Gasteiger partial charge in [0.2, 0.25) is 0 Å². The van der Waals surface area contributed by atoms with Crippen molar-refractivity contribution in [2.45, 2.75) is 13.0 Å². The molecular weight excluding hydrogens is 264 g/mol. The minimum atomic E-state index is 0.0482. The molecule has 21 heavy (non-hydrogen) atoms. The summed E-state index contributed by atoms with van der Waals surface area (Å²) in [5, 5.41) is 7.72. The topological polar surface area (TPSA) is 51.5 Å². The summed E-state index contributed by atoms with van der Waals surface area (Å²) in [5.41, 5.74) is 3.24. The molecule has 1 unspecified atom stereocenters. The van der Waals surface area contributed by atoms with Crippen LogP contribution in [0.1, 0.15) is 24.1 Å². The molecule has 5 heteroatoms. The van der Waals surface area contributed by atoms with Gasteiger partial charge in [-0.1, -0.05) is 12.1 Å². The average Bonchev–Trinajstić information content (AvgIpc) is 2.93. The van der Waals surface area contributed by atoms with E-state index in [1.807, 2.05) is 49.2 Å². The lowest BCUT2D eigenvalue weighted by atomic mass is 10.00. The van der Waals surface area contributed by atoms with Crippen LogP contribution in [0.3, 0.4) is 0 Å². The fourth-order valence-corrected chi connectivity index (χ4v) is 2.53. The number of aromatic nitrogens is 3. The second-order valence-corrected chi connectivity index (χ2v) is 4.73. The third kappa shape index (κ3) is 2.60. The third-order valence-electron chi connectivity index (χ3n) is 3.46. The van der Waals surface area contributed by atoms with E-state index in [1.165, 1.54) is 0 Å². The van der Waals surface area contributed by atoms with Gasteiger partial charge in [0.05, 0.1) is 30.6 Å². The van der Waals surface area contributed by atoms with Gasteiger partial charge in [-0.3, -0.25) is 4.98 Å². The monoisotopic (exact) mass is 282 g/mol. The van der Waals surface area contributed by atoms with Gasteiger partial charge in [0, 0.05) is 18.0 Å². The van der Waals surface area contributed by atoms with Crippen molar-refractivity contribution in [3.05, 3.63) is 60.2 Å². The lowest BCUT2D eigenvalue weighted by molar-refractivity contribution is 0.339. The van der Waals surface area contributed by atoms with Gasteiger partial charge in [0.25, 0.3) is 0 Å². The number of rotatable bonds is 5. The number of benzene rings is 1. The lowest BCUT2D eigenvalue weighted by Gasteiger charge is -2.16. The second-order valence-electron chi connectivity index (χ2n) is 4.73. The summed E-state index contributed by atoms with van der Waals surface area (Å²) >= 11 is 0. The Kier molecular flexibility index (Phi) is 3.83. The summed E-state index contributed by atoms with van der Waals surface area (Å²) in [6.07, 6.45) is 7.29. The van der Waals surface area contributed by atoms with Crippen LogP contribution in [0.2, 0.25) is 0 Å². The van der Waals surface area contributed by atoms with E-state index in [0.717, 1.165) is 22.4 Å². The quantitative estimate of drug-likeness (QED) is 0.781. The maximum atomic E-state index is 5.59. The Bertz CT molecular complexity index is 738. The molecule has 5 nitrogen and oxygen atoms in total. The number of nitrogens with zero attached hydrogens (tertiary/aromatic N) is 3. The molecular formula is C16H18N4O. The van der Waals surface area contributed by atoms with Crippen LogP contribution in [0.25, 0.3) is 5.52 Å². The smallest absolute Gasteiger partial charge is 0.119 e. The first kappa shape index (κ1) is 13.6. The molecule has 1 aromatic carbocycles. The van der Waals surface area contributed by atoms with Crippen LogP contribution >= 0.6 is 0 Å². The van der Waals surface area contributed by atoms with Crippen molar-refractivity contribution in [3.63, 3.8) is 0 Å². The molecule has 0 aliphatic carbocycles. The van der Waals surface area contributed by atoms with Crippen molar-refractivity contribution in [2.75, 3.05) is 13.7 Å². The Morgan fingerprint density at radius 2 is 2.24 bits per heavy atom. The van der Waals surface area contributed by atoms with E-state index in [4.69, 9.17) is 4.74 Å². The van der Waals surface area contributed by atoms with Crippen molar-refractivity contribution in [2.24, 2.45) is 0 Å². The van der Waals surface area contributed by atoms with Crippen molar-refractivity contribution < 1.29 is 4.74 Å². The van der Waals surface area contributed by atoms with E-state index < -0.39 is 0 Å². The van der Waals surface area contributed by atoms with E-state index in [1.54, 1.807) is 6.20 Å². The first-order valence-corrected chi connectivity index (χ1v) is 7.00. The SMILES string of the molecule is CCOc1cccc(C(NC)c2cnn3ccncc23)c1. The van der Waals surface area contributed by atoms with Gasteiger partial charge in [-0.05, 0) is 31.7 Å². The summed E-state index contributed by atoms with van der Waals surface area (Å²) in [7, 11) is 1.94. The molecule has 0 amide bonds. The molecule has 0 bridgehead atoms. The van der Waals surface area contributed by atoms with E-state index in [9.17, 15) is 0 Å². The van der Waals surface area contributed by atoms with Crippen molar-refractivity contribution in [1.82, 2.24) is 19.9 Å². The summed E-state index contributed by atoms with van der Waals surface area (Å²) in [6.45, 7) is 2.65. The van der Waals surface area contributed by atoms with Gasteiger partial charge in [0.1, 0.15) is 5.75 Å². The lowest BCUT2D eigenvalue weighted by Crippen LogP contribution is -2.17. The van der Waals surface area contributed by atoms with E-state index >= 15 is 0 Å². The maximum absolute atomic E-state index is 5.59. The fraction of sp³-hybridized carbons (Fsp3) is 0.250. The summed E-state index contributed by atoms with van der Waals surface area (Å²) in [5.74, 6) is 0.879. The van der Waals surface area contributed by atoms with Gasteiger partial charge >= 0.3 is 0 Å². The zero-order chi connectivity index (χ0) is 14.7. The number of nitrogens with one attached hydrogen (secondary N) is 1. The van der Waals surface area contributed by atoms with Gasteiger partial charge in [0.15, 0.2) is 0 Å². The first-order chi connectivity index (χ1) is 10.3. The van der Waals surface area contributed by atoms with Crippen LogP contribution in [0.15, 0.2) is 49.1 Å². The Morgan fingerprint density at radius 3 is 3.05 bits per heavy atom. The fourth-order valence-electron chi connectivity index (χ4n) is 2.53. The maximum Gasteiger partial charge on any atom is 0.119 e. The average molecular weight is 282 g/mol. The molecule has 3 aromatic rings. The van der Waals surface area contributed by atoms with Crippen LogP contribution in [0.5, 0.6) is 5.75 Å². The van der Waals surface area contributed by atoms with Gasteiger partial charge < -0.3 is 10.1 Å². The third-order valence-corrected chi connectivity index (χ3v) is 3.46. The Morgan fingerprint density at radius 1 is 1.33 bits per heavy atom. The highest BCUT2D eigenvalue weighted by molar-refractivity contribution is 5.56. The molecule has 0 fully saturated rings. The Labute approximate surface area is 123 Å². The second kappa shape index (κ2) is 5.93. The van der Waals surface area contributed by atoms with Gasteiger partial charge in [-0.25, -0.2) is 4.52 Å². The molecule has 0 radical (unpaired) electrons. The predicted octanol–water partition coefficient (Wildman–Crippen LogP) is 2.44. The Hall–Kier alpha value is -2.40. The molecule has 1 N–H and O–H groups in total. The standard InChI is InChI=1S/C16H18N4O/c1-3-21-13-6-4-5-12(9-13)16(17-2)14-10-19-20-8-7-18-11-15(14)20/h4-11,16-17H,3H2,1-2H3. The van der Waals surface area contributed by atoms with Crippen molar-refractivity contribution in [1.29, 1.82) is 0 Å². The van der Waals surface area contributed by atoms with Crippen LogP contribution in [0, 0.1) is 0 Å². The first-order valence-electron chi connectivity index (χ1n) is 7.00. The number of fused-ring (bicyclic) bond motifs is 1. The number of hydrogen-bond donors (Lipinski definition) is 1. The highest BCUT2D eigenvalue weighted by Crippen LogP contribution is 2.27. The number of ether oxygens (including phenoxy) is 1. The summed E-state index contributed by atoms with van der Waals surface area (Å²) in [6, 6.07) is 8.17. The molecule has 2 aromatic heterocycles. The van der Waals surface area contributed by atoms with E-state index in [2.05, 4.69) is 27.5 Å². The summed E-state index contributed by atoms with van der Waals surface area (Å²) < 4.78 is 7.42. The molecule has 0 aliphatic rings. The van der Waals surface area contributed by atoms with E-state index in [0.29, 0.717) is 6.61 Å². The largest absolute Gasteiger partial charge is 0.494 e. The zero-order valence-electron chi connectivity index (χ0n) is 12.2. The molecule has 0 spiro atoms. The van der Waals surface area contributed by atoms with Crippen molar-refractivity contribution >= 4 is 5.52 Å². The van der Waals surface area contributed by atoms with Gasteiger partial charge in [-0.2, -0.15) is 5.10 Å². The molecule has 108 valence electrons. The highest BCUT2D eigenvalue weighted by atomic mass is 16.5. The minimum Gasteiger partial charge on any atom is -0.494 e. The predicted molar refractivity (Wildman–Crippen MR) is 81.5 cm³/mol. The van der Waals surface area contributed by atoms with Crippen molar-refractivity contribution in [3.8, 4) is 5.75 Å². The molecule has 3 rings (SSSR count). The highest BCUT2D eigenvalue weighted by Gasteiger charge is 2.17. The van der Waals surface area contributed by atoms with E-state index in [-0.39, 0.29) is 6.04 Å².